The fraction of sp³-hybridized carbons (Fsp3) is 0.923. The van der Waals surface area contributed by atoms with E-state index in [0.29, 0.717) is 6.54 Å². The maximum Gasteiger partial charge on any atom is 0.237 e. The van der Waals surface area contributed by atoms with Crippen molar-refractivity contribution < 1.29 is 9.90 Å². The van der Waals surface area contributed by atoms with Gasteiger partial charge in [0.05, 0.1) is 12.1 Å². The number of carbonyl (C=O) groups excluding carboxylic acids is 1. The van der Waals surface area contributed by atoms with Crippen LogP contribution in [0.1, 0.15) is 40.5 Å². The molecular weight excluding hydrogens is 252 g/mol. The van der Waals surface area contributed by atoms with Crippen LogP contribution in [0.15, 0.2) is 0 Å². The molecule has 2 atom stereocenters. The first kappa shape index (κ1) is 17.7. The number of amides is 1. The van der Waals surface area contributed by atoms with Gasteiger partial charge in [-0.1, -0.05) is 27.7 Å². The van der Waals surface area contributed by atoms with Crippen LogP contribution >= 0.6 is 12.4 Å². The zero-order valence-corrected chi connectivity index (χ0v) is 12.6. The summed E-state index contributed by atoms with van der Waals surface area (Å²) >= 11 is 0. The molecule has 4 nitrogen and oxygen atoms in total. The van der Waals surface area contributed by atoms with E-state index in [9.17, 15) is 9.90 Å². The second-order valence-electron chi connectivity index (χ2n) is 6.04. The highest BCUT2D eigenvalue weighted by atomic mass is 35.5. The molecule has 18 heavy (non-hydrogen) atoms. The zero-order valence-electron chi connectivity index (χ0n) is 11.8. The van der Waals surface area contributed by atoms with Crippen LogP contribution in [0.4, 0.5) is 0 Å². The summed E-state index contributed by atoms with van der Waals surface area (Å²) in [5.41, 5.74) is -0.289. The van der Waals surface area contributed by atoms with E-state index in [0.717, 1.165) is 19.4 Å². The van der Waals surface area contributed by atoms with Crippen molar-refractivity contribution in [1.29, 1.82) is 0 Å². The number of aliphatic hydroxyl groups is 1. The first-order valence-corrected chi connectivity index (χ1v) is 6.54. The first-order valence-electron chi connectivity index (χ1n) is 6.54. The van der Waals surface area contributed by atoms with Crippen LogP contribution in [0.5, 0.6) is 0 Å². The molecule has 0 aromatic rings. The molecule has 0 radical (unpaired) electrons. The van der Waals surface area contributed by atoms with Crippen LogP contribution in [0.2, 0.25) is 0 Å². The lowest BCUT2D eigenvalue weighted by Gasteiger charge is -2.33. The lowest BCUT2D eigenvalue weighted by molar-refractivity contribution is -0.123. The van der Waals surface area contributed by atoms with Crippen molar-refractivity contribution in [2.75, 3.05) is 13.1 Å². The zero-order chi connectivity index (χ0) is 13.1. The fourth-order valence-corrected chi connectivity index (χ4v) is 2.35. The Morgan fingerprint density at radius 3 is 2.56 bits per heavy atom. The van der Waals surface area contributed by atoms with Gasteiger partial charge < -0.3 is 15.7 Å². The first-order chi connectivity index (χ1) is 7.84. The highest BCUT2D eigenvalue weighted by Crippen LogP contribution is 2.25. The third-order valence-corrected chi connectivity index (χ3v) is 3.53. The van der Waals surface area contributed by atoms with Crippen LogP contribution < -0.4 is 10.6 Å². The Kier molecular flexibility index (Phi) is 7.18. The van der Waals surface area contributed by atoms with Crippen LogP contribution in [0, 0.1) is 11.3 Å². The molecule has 0 spiro atoms. The predicted octanol–water partition coefficient (Wildman–Crippen LogP) is 1.32. The standard InChI is InChI=1S/C13H26N2O2.ClH/c1-9(2)11(16)13(3,4)8-15-12(17)10-6-5-7-14-10;/h9-11,14,16H,5-8H2,1-4H3,(H,15,17);1H. The second kappa shape index (κ2) is 7.31. The van der Waals surface area contributed by atoms with E-state index < -0.39 is 6.10 Å². The van der Waals surface area contributed by atoms with Crippen LogP contribution in [0.3, 0.4) is 0 Å². The molecule has 1 heterocycles. The Morgan fingerprint density at radius 2 is 2.11 bits per heavy atom. The molecule has 1 amide bonds. The van der Waals surface area contributed by atoms with Crippen molar-refractivity contribution in [2.45, 2.75) is 52.7 Å². The van der Waals surface area contributed by atoms with E-state index in [2.05, 4.69) is 10.6 Å². The molecule has 1 aliphatic rings. The Bertz CT molecular complexity index is 264. The summed E-state index contributed by atoms with van der Waals surface area (Å²) in [5, 5.41) is 16.2. The summed E-state index contributed by atoms with van der Waals surface area (Å²) in [5.74, 6) is 0.262. The van der Waals surface area contributed by atoms with Crippen LogP contribution in [0.25, 0.3) is 0 Å². The van der Waals surface area contributed by atoms with Gasteiger partial charge in [0.15, 0.2) is 0 Å². The van der Waals surface area contributed by atoms with E-state index in [-0.39, 0.29) is 35.7 Å². The molecule has 1 fully saturated rings. The Labute approximate surface area is 116 Å². The van der Waals surface area contributed by atoms with Gasteiger partial charge in [-0.3, -0.25) is 4.79 Å². The molecule has 1 aliphatic heterocycles. The summed E-state index contributed by atoms with van der Waals surface area (Å²) in [6.45, 7) is 9.40. The summed E-state index contributed by atoms with van der Waals surface area (Å²) in [6, 6.07) is -0.0398. The van der Waals surface area contributed by atoms with Gasteiger partial charge in [0.2, 0.25) is 5.91 Å². The molecule has 5 heteroatoms. The Balaban J connectivity index is 0.00000289. The smallest absolute Gasteiger partial charge is 0.237 e. The lowest BCUT2D eigenvalue weighted by Crippen LogP contribution is -2.48. The minimum Gasteiger partial charge on any atom is -0.392 e. The predicted molar refractivity (Wildman–Crippen MR) is 75.9 cm³/mol. The van der Waals surface area contributed by atoms with Gasteiger partial charge in [-0.05, 0) is 25.3 Å². The minimum absolute atomic E-state index is 0. The molecule has 1 saturated heterocycles. The van der Waals surface area contributed by atoms with Crippen molar-refractivity contribution in [3.8, 4) is 0 Å². The van der Waals surface area contributed by atoms with Gasteiger partial charge in [-0.2, -0.15) is 0 Å². The number of nitrogens with one attached hydrogen (secondary N) is 2. The highest BCUT2D eigenvalue weighted by molar-refractivity contribution is 5.85. The molecule has 0 aromatic carbocycles. The normalized spacial score (nSPS) is 21.6. The van der Waals surface area contributed by atoms with Gasteiger partial charge in [0.25, 0.3) is 0 Å². The van der Waals surface area contributed by atoms with Crippen molar-refractivity contribution >= 4 is 18.3 Å². The van der Waals surface area contributed by atoms with Crippen LogP contribution in [-0.2, 0) is 4.79 Å². The van der Waals surface area contributed by atoms with E-state index in [4.69, 9.17) is 0 Å². The van der Waals surface area contributed by atoms with Gasteiger partial charge >= 0.3 is 0 Å². The average Bonchev–Trinajstić information content (AvgIpc) is 2.78. The summed E-state index contributed by atoms with van der Waals surface area (Å²) < 4.78 is 0. The molecule has 0 saturated carbocycles. The van der Waals surface area contributed by atoms with Gasteiger partial charge in [-0.25, -0.2) is 0 Å². The van der Waals surface area contributed by atoms with Crippen molar-refractivity contribution in [3.63, 3.8) is 0 Å². The largest absolute Gasteiger partial charge is 0.392 e. The number of halogens is 1. The molecule has 0 aliphatic carbocycles. The van der Waals surface area contributed by atoms with Gasteiger partial charge in [0, 0.05) is 12.0 Å². The van der Waals surface area contributed by atoms with E-state index >= 15 is 0 Å². The van der Waals surface area contributed by atoms with Gasteiger partial charge in [0.1, 0.15) is 0 Å². The maximum atomic E-state index is 11.8. The molecule has 0 aromatic heterocycles. The maximum absolute atomic E-state index is 11.8. The van der Waals surface area contributed by atoms with E-state index in [1.165, 1.54) is 0 Å². The third-order valence-electron chi connectivity index (χ3n) is 3.53. The Morgan fingerprint density at radius 1 is 1.50 bits per heavy atom. The average molecular weight is 279 g/mol. The molecular formula is C13H27ClN2O2. The lowest BCUT2D eigenvalue weighted by atomic mass is 9.80. The van der Waals surface area contributed by atoms with Gasteiger partial charge in [-0.15, -0.1) is 12.4 Å². The molecule has 2 unspecified atom stereocenters. The third kappa shape index (κ3) is 4.75. The number of hydrogen-bond donors (Lipinski definition) is 3. The topological polar surface area (TPSA) is 61.4 Å². The molecule has 0 bridgehead atoms. The number of aliphatic hydroxyl groups excluding tert-OH is 1. The molecule has 108 valence electrons. The molecule has 1 rings (SSSR count). The monoisotopic (exact) mass is 278 g/mol. The van der Waals surface area contributed by atoms with Crippen molar-refractivity contribution in [3.05, 3.63) is 0 Å². The summed E-state index contributed by atoms with van der Waals surface area (Å²) in [4.78, 5) is 11.8. The van der Waals surface area contributed by atoms with Crippen LogP contribution in [-0.4, -0.2) is 36.2 Å². The number of rotatable bonds is 5. The second-order valence-corrected chi connectivity index (χ2v) is 6.04. The van der Waals surface area contributed by atoms with Crippen molar-refractivity contribution in [2.24, 2.45) is 11.3 Å². The Hall–Kier alpha value is -0.320. The van der Waals surface area contributed by atoms with E-state index in [1.54, 1.807) is 0 Å². The number of carbonyl (C=O) groups is 1. The minimum atomic E-state index is -0.403. The quantitative estimate of drug-likeness (QED) is 0.711. The fourth-order valence-electron chi connectivity index (χ4n) is 2.35. The highest BCUT2D eigenvalue weighted by Gasteiger charge is 2.31. The number of hydrogen-bond acceptors (Lipinski definition) is 3. The summed E-state index contributed by atoms with van der Waals surface area (Å²) in [6.07, 6.45) is 1.58. The molecule has 3 N–H and O–H groups in total. The summed E-state index contributed by atoms with van der Waals surface area (Å²) in [7, 11) is 0. The van der Waals surface area contributed by atoms with Crippen molar-refractivity contribution in [1.82, 2.24) is 10.6 Å². The van der Waals surface area contributed by atoms with E-state index in [1.807, 2.05) is 27.7 Å². The SMILES string of the molecule is CC(C)C(O)C(C)(C)CNC(=O)C1CCCN1.Cl.